The van der Waals surface area contributed by atoms with Gasteiger partial charge in [0.05, 0.1) is 16.8 Å². The maximum atomic E-state index is 13.3. The van der Waals surface area contributed by atoms with Crippen LogP contribution >= 0.6 is 0 Å². The Morgan fingerprint density at radius 3 is 1.61 bits per heavy atom. The van der Waals surface area contributed by atoms with E-state index in [1.54, 1.807) is 24.3 Å². The molecule has 0 radical (unpaired) electrons. The molecule has 0 N–H and O–H groups in total. The Morgan fingerprint density at radius 2 is 1.12 bits per heavy atom. The summed E-state index contributed by atoms with van der Waals surface area (Å²) < 4.78 is 12.4. The van der Waals surface area contributed by atoms with Gasteiger partial charge in [0, 0.05) is 10.8 Å². The number of anilines is 1. The highest BCUT2D eigenvalue weighted by Crippen LogP contribution is 2.33. The third kappa shape index (κ3) is 3.01. The van der Waals surface area contributed by atoms with Crippen LogP contribution in [-0.2, 0) is 6.42 Å². The number of benzene rings is 4. The molecular weight excluding hydrogens is 414 g/mol. The monoisotopic (exact) mass is 433 g/mol. The average Bonchev–Trinajstić information content (AvgIpc) is 3.08. The first-order valence-corrected chi connectivity index (χ1v) is 10.8. The predicted octanol–water partition coefficient (Wildman–Crippen LogP) is 6.82. The molecule has 0 saturated heterocycles. The zero-order valence-corrected chi connectivity index (χ0v) is 17.9. The van der Waals surface area contributed by atoms with Gasteiger partial charge in [-0.1, -0.05) is 55.5 Å². The number of nitrogens with zero attached hydrogens (tertiary/aromatic N) is 1. The molecule has 5 aromatic rings. The van der Waals surface area contributed by atoms with Gasteiger partial charge in [-0.05, 0) is 48.4 Å². The first kappa shape index (κ1) is 19.3. The van der Waals surface area contributed by atoms with Gasteiger partial charge in [-0.2, -0.15) is 0 Å². The van der Waals surface area contributed by atoms with Crippen molar-refractivity contribution in [1.29, 1.82) is 0 Å². The van der Waals surface area contributed by atoms with Gasteiger partial charge in [-0.25, -0.2) is 4.90 Å². The lowest BCUT2D eigenvalue weighted by atomic mass is 10.1. The van der Waals surface area contributed by atoms with E-state index in [1.807, 2.05) is 60.7 Å². The van der Waals surface area contributed by atoms with E-state index in [0.29, 0.717) is 39.1 Å². The van der Waals surface area contributed by atoms with Gasteiger partial charge >= 0.3 is 0 Å². The summed E-state index contributed by atoms with van der Waals surface area (Å²) in [6, 6.07) is 26.0. The van der Waals surface area contributed by atoms with E-state index in [2.05, 4.69) is 6.92 Å². The largest absolute Gasteiger partial charge is 0.453 e. The van der Waals surface area contributed by atoms with Crippen LogP contribution in [-0.4, -0.2) is 11.8 Å². The molecule has 2 heterocycles. The number of imide groups is 1. The van der Waals surface area contributed by atoms with Crippen LogP contribution in [0.15, 0.2) is 93.8 Å². The summed E-state index contributed by atoms with van der Waals surface area (Å²) in [5.41, 5.74) is 4.36. The summed E-state index contributed by atoms with van der Waals surface area (Å²) in [5, 5.41) is 1.78. The Balaban J connectivity index is 1.61. The molecule has 0 saturated carbocycles. The van der Waals surface area contributed by atoms with Crippen molar-refractivity contribution in [2.75, 3.05) is 4.90 Å². The van der Waals surface area contributed by atoms with E-state index in [1.165, 1.54) is 4.90 Å². The van der Waals surface area contributed by atoms with Crippen molar-refractivity contribution in [2.24, 2.45) is 0 Å². The van der Waals surface area contributed by atoms with Gasteiger partial charge in [-0.3, -0.25) is 9.59 Å². The fourth-order valence-corrected chi connectivity index (χ4v) is 4.31. The summed E-state index contributed by atoms with van der Waals surface area (Å²) in [6.07, 6.45) is 0.882. The van der Waals surface area contributed by atoms with Gasteiger partial charge < -0.3 is 8.83 Å². The van der Waals surface area contributed by atoms with Crippen molar-refractivity contribution in [3.8, 4) is 0 Å². The number of para-hydroxylation sites is 2. The highest BCUT2D eigenvalue weighted by atomic mass is 16.4. The maximum Gasteiger partial charge on any atom is 0.266 e. The second-order valence-corrected chi connectivity index (χ2v) is 8.01. The lowest BCUT2D eigenvalue weighted by molar-refractivity contribution is 0.0926. The molecule has 160 valence electrons. The van der Waals surface area contributed by atoms with E-state index in [9.17, 15) is 9.59 Å². The Hall–Kier alpha value is -4.38. The van der Waals surface area contributed by atoms with Crippen LogP contribution in [0.25, 0.3) is 33.1 Å². The first-order chi connectivity index (χ1) is 16.1. The number of hydrogen-bond acceptors (Lipinski definition) is 4. The number of hydrogen-bond donors (Lipinski definition) is 0. The SMILES string of the molecule is CCc1ccc(N2C(=O)c3cc4oc5ccccc5c5ccccc5oc4cc3C2=O)cc1. The van der Waals surface area contributed by atoms with Gasteiger partial charge in [-0.15, -0.1) is 0 Å². The van der Waals surface area contributed by atoms with Gasteiger partial charge in [0.15, 0.2) is 11.2 Å². The normalized spacial score (nSPS) is 13.2. The molecular formula is C28H19NO4. The topological polar surface area (TPSA) is 63.7 Å². The van der Waals surface area contributed by atoms with Crippen LogP contribution in [0.1, 0.15) is 33.2 Å². The molecule has 1 aliphatic heterocycles. The number of carbonyl (C=O) groups excluding carboxylic acids is 2. The van der Waals surface area contributed by atoms with E-state index >= 15 is 0 Å². The standard InChI is InChI=1S/C28H19NO4/c1-2-17-11-13-18(14-12-17)29-27(30)21-15-25-26(16-22(21)28(29)31)33-24-10-6-4-8-20(24)19-7-3-5-9-23(19)32-25/h3-16H,2H2,1H3. The van der Waals surface area contributed by atoms with Crippen molar-refractivity contribution in [2.45, 2.75) is 13.3 Å². The molecule has 2 amide bonds. The van der Waals surface area contributed by atoms with Crippen LogP contribution in [0.4, 0.5) is 5.69 Å². The molecule has 0 aliphatic carbocycles. The molecule has 1 aliphatic rings. The van der Waals surface area contributed by atoms with Crippen molar-refractivity contribution < 1.29 is 18.4 Å². The summed E-state index contributed by atoms with van der Waals surface area (Å²) >= 11 is 0. The van der Waals surface area contributed by atoms with Crippen LogP contribution in [0, 0.1) is 0 Å². The van der Waals surface area contributed by atoms with Gasteiger partial charge in [0.1, 0.15) is 11.2 Å². The summed E-state index contributed by atoms with van der Waals surface area (Å²) in [4.78, 5) is 27.7. The summed E-state index contributed by atoms with van der Waals surface area (Å²) in [5.74, 6) is -0.747. The molecule has 0 atom stereocenters. The Labute approximate surface area is 189 Å². The van der Waals surface area contributed by atoms with E-state index in [4.69, 9.17) is 8.83 Å². The molecule has 0 spiro atoms. The van der Waals surface area contributed by atoms with Gasteiger partial charge in [0.2, 0.25) is 0 Å². The van der Waals surface area contributed by atoms with E-state index < -0.39 is 0 Å². The molecule has 0 bridgehead atoms. The molecule has 5 nitrogen and oxygen atoms in total. The third-order valence-corrected chi connectivity index (χ3v) is 6.06. The molecule has 1 aromatic heterocycles. The number of fused-ring (bicyclic) bond motifs is 5. The molecule has 0 fully saturated rings. The summed E-state index contributed by atoms with van der Waals surface area (Å²) in [6.45, 7) is 2.06. The van der Waals surface area contributed by atoms with Crippen molar-refractivity contribution in [3.63, 3.8) is 0 Å². The second kappa shape index (κ2) is 7.35. The lowest BCUT2D eigenvalue weighted by Crippen LogP contribution is -2.29. The highest BCUT2D eigenvalue weighted by molar-refractivity contribution is 6.35. The van der Waals surface area contributed by atoms with E-state index in [0.717, 1.165) is 22.8 Å². The highest BCUT2D eigenvalue weighted by Gasteiger charge is 2.37. The van der Waals surface area contributed by atoms with E-state index in [-0.39, 0.29) is 11.8 Å². The molecule has 0 unspecified atom stereocenters. The van der Waals surface area contributed by atoms with Crippen LogP contribution in [0.2, 0.25) is 0 Å². The van der Waals surface area contributed by atoms with Crippen LogP contribution in [0.3, 0.4) is 0 Å². The summed E-state index contributed by atoms with van der Waals surface area (Å²) in [7, 11) is 0. The number of rotatable bonds is 2. The van der Waals surface area contributed by atoms with Crippen molar-refractivity contribution in [3.05, 3.63) is 102 Å². The minimum Gasteiger partial charge on any atom is -0.453 e. The molecule has 33 heavy (non-hydrogen) atoms. The predicted molar refractivity (Wildman–Crippen MR) is 128 cm³/mol. The molecule has 5 heteroatoms. The van der Waals surface area contributed by atoms with Crippen molar-refractivity contribution >= 4 is 50.6 Å². The Bertz CT molecular complexity index is 1540. The molecule has 6 rings (SSSR count). The zero-order chi connectivity index (χ0) is 22.5. The Morgan fingerprint density at radius 1 is 0.636 bits per heavy atom. The third-order valence-electron chi connectivity index (χ3n) is 6.06. The van der Waals surface area contributed by atoms with Crippen molar-refractivity contribution in [1.82, 2.24) is 0 Å². The fourth-order valence-electron chi connectivity index (χ4n) is 4.31. The van der Waals surface area contributed by atoms with Crippen LogP contribution in [0.5, 0.6) is 0 Å². The lowest BCUT2D eigenvalue weighted by Gasteiger charge is -2.14. The smallest absolute Gasteiger partial charge is 0.266 e. The first-order valence-electron chi connectivity index (χ1n) is 10.8. The maximum absolute atomic E-state index is 13.3. The average molecular weight is 433 g/mol. The number of amides is 2. The zero-order valence-electron chi connectivity index (χ0n) is 17.9. The minimum absolute atomic E-state index is 0.299. The second-order valence-electron chi connectivity index (χ2n) is 8.01. The number of carbonyl (C=O) groups is 2. The number of aryl methyl sites for hydroxylation is 1. The van der Waals surface area contributed by atoms with Crippen LogP contribution < -0.4 is 4.90 Å². The Kier molecular flexibility index (Phi) is 4.30. The fraction of sp³-hybridized carbons (Fsp3) is 0.0714. The van der Waals surface area contributed by atoms with Gasteiger partial charge in [0.25, 0.3) is 11.8 Å². The minimum atomic E-state index is -0.374. The molecule has 4 aromatic carbocycles. The quantitative estimate of drug-likeness (QED) is 0.287.